The van der Waals surface area contributed by atoms with Crippen molar-refractivity contribution >= 4 is 17.9 Å². The molecule has 0 spiro atoms. The number of halogens is 3. The van der Waals surface area contributed by atoms with E-state index in [1.807, 2.05) is 0 Å². The average molecular weight is 435 g/mol. The Balaban J connectivity index is 1.35. The van der Waals surface area contributed by atoms with E-state index in [0.717, 1.165) is 17.7 Å². The molecular formula is C22H24F3N3O3. The molecule has 0 aliphatic carbocycles. The van der Waals surface area contributed by atoms with Crippen LogP contribution in [0, 0.1) is 0 Å². The van der Waals surface area contributed by atoms with E-state index in [2.05, 4.69) is 10.2 Å². The van der Waals surface area contributed by atoms with Gasteiger partial charge >= 0.3 is 6.18 Å². The molecule has 2 amide bonds. The zero-order chi connectivity index (χ0) is 22.3. The van der Waals surface area contributed by atoms with Gasteiger partial charge in [-0.25, -0.2) is 0 Å². The summed E-state index contributed by atoms with van der Waals surface area (Å²) in [4.78, 5) is 27.9. The summed E-state index contributed by atoms with van der Waals surface area (Å²) in [5.74, 6) is 0.232. The SMILES string of the molecule is O=C(/C=C/c1ccco1)NCCC(=O)N1CCN(Cc2ccc(C(F)(F)F)cc2)CC1. The highest BCUT2D eigenvalue weighted by Gasteiger charge is 2.30. The lowest BCUT2D eigenvalue weighted by Crippen LogP contribution is -2.48. The molecular weight excluding hydrogens is 411 g/mol. The molecule has 0 radical (unpaired) electrons. The zero-order valence-corrected chi connectivity index (χ0v) is 16.9. The normalized spacial score (nSPS) is 15.4. The number of benzene rings is 1. The zero-order valence-electron chi connectivity index (χ0n) is 16.9. The molecule has 9 heteroatoms. The van der Waals surface area contributed by atoms with Gasteiger partial charge in [0.2, 0.25) is 11.8 Å². The van der Waals surface area contributed by atoms with Crippen LogP contribution in [0.3, 0.4) is 0 Å². The van der Waals surface area contributed by atoms with Gasteiger partial charge in [0.05, 0.1) is 11.8 Å². The Morgan fingerprint density at radius 2 is 1.77 bits per heavy atom. The number of carbonyl (C=O) groups excluding carboxylic acids is 2. The number of amides is 2. The Labute approximate surface area is 178 Å². The lowest BCUT2D eigenvalue weighted by molar-refractivity contribution is -0.137. The van der Waals surface area contributed by atoms with Crippen molar-refractivity contribution in [3.63, 3.8) is 0 Å². The van der Waals surface area contributed by atoms with Gasteiger partial charge in [-0.15, -0.1) is 0 Å². The summed E-state index contributed by atoms with van der Waals surface area (Å²) in [5.41, 5.74) is 0.147. The highest BCUT2D eigenvalue weighted by molar-refractivity contribution is 5.91. The van der Waals surface area contributed by atoms with Crippen LogP contribution in [0.25, 0.3) is 6.08 Å². The minimum Gasteiger partial charge on any atom is -0.465 e. The van der Waals surface area contributed by atoms with Gasteiger partial charge in [-0.3, -0.25) is 14.5 Å². The van der Waals surface area contributed by atoms with Crippen LogP contribution >= 0.6 is 0 Å². The maximum atomic E-state index is 12.6. The average Bonchev–Trinajstić information content (AvgIpc) is 3.26. The lowest BCUT2D eigenvalue weighted by Gasteiger charge is -2.34. The van der Waals surface area contributed by atoms with Crippen LogP contribution in [-0.4, -0.2) is 54.3 Å². The monoisotopic (exact) mass is 435 g/mol. The number of rotatable bonds is 7. The quantitative estimate of drug-likeness (QED) is 0.679. The second-order valence-corrected chi connectivity index (χ2v) is 7.24. The Hall–Kier alpha value is -3.07. The molecule has 1 aromatic carbocycles. The van der Waals surface area contributed by atoms with E-state index in [-0.39, 0.29) is 24.8 Å². The highest BCUT2D eigenvalue weighted by Crippen LogP contribution is 2.29. The standard InChI is InChI=1S/C22H24F3N3O3/c23-22(24,25)18-5-3-17(4-6-18)16-27-11-13-28(14-12-27)21(30)9-10-26-20(29)8-7-19-2-1-15-31-19/h1-8,15H,9-14,16H2,(H,26,29)/b8-7+. The number of nitrogens with one attached hydrogen (secondary N) is 1. The summed E-state index contributed by atoms with van der Waals surface area (Å²) in [6.45, 7) is 3.16. The van der Waals surface area contributed by atoms with Crippen LogP contribution in [-0.2, 0) is 22.3 Å². The first-order chi connectivity index (χ1) is 14.8. The van der Waals surface area contributed by atoms with Gasteiger partial charge in [0.15, 0.2) is 0 Å². The van der Waals surface area contributed by atoms with Crippen molar-refractivity contribution in [2.75, 3.05) is 32.7 Å². The van der Waals surface area contributed by atoms with Gasteiger partial charge < -0.3 is 14.6 Å². The van der Waals surface area contributed by atoms with Crippen LogP contribution < -0.4 is 5.32 Å². The number of piperazine rings is 1. The highest BCUT2D eigenvalue weighted by atomic mass is 19.4. The molecule has 1 aromatic heterocycles. The van der Waals surface area contributed by atoms with Crippen LogP contribution in [0.15, 0.2) is 53.2 Å². The summed E-state index contributed by atoms with van der Waals surface area (Å²) in [6, 6.07) is 8.61. The van der Waals surface area contributed by atoms with E-state index in [9.17, 15) is 22.8 Å². The van der Waals surface area contributed by atoms with Crippen molar-refractivity contribution in [3.8, 4) is 0 Å². The van der Waals surface area contributed by atoms with E-state index in [1.165, 1.54) is 24.5 Å². The molecule has 1 N–H and O–H groups in total. The van der Waals surface area contributed by atoms with Crippen LogP contribution in [0.4, 0.5) is 13.2 Å². The Morgan fingerprint density at radius 1 is 1.06 bits per heavy atom. The van der Waals surface area contributed by atoms with Gasteiger partial charge in [0.1, 0.15) is 5.76 Å². The molecule has 31 heavy (non-hydrogen) atoms. The van der Waals surface area contributed by atoms with Gasteiger partial charge in [0, 0.05) is 51.8 Å². The summed E-state index contributed by atoms with van der Waals surface area (Å²) in [6.07, 6.45) is 0.287. The molecule has 1 saturated heterocycles. The largest absolute Gasteiger partial charge is 0.465 e. The molecule has 0 unspecified atom stereocenters. The number of furan rings is 1. The second-order valence-electron chi connectivity index (χ2n) is 7.24. The molecule has 1 aliphatic heterocycles. The van der Waals surface area contributed by atoms with E-state index in [0.29, 0.717) is 38.5 Å². The van der Waals surface area contributed by atoms with Gasteiger partial charge in [-0.2, -0.15) is 13.2 Å². The first-order valence-electron chi connectivity index (χ1n) is 9.97. The Kier molecular flexibility index (Phi) is 7.51. The molecule has 1 aliphatic rings. The molecule has 0 bridgehead atoms. The molecule has 2 heterocycles. The van der Waals surface area contributed by atoms with Crippen LogP contribution in [0.2, 0.25) is 0 Å². The molecule has 6 nitrogen and oxygen atoms in total. The Bertz CT molecular complexity index is 885. The fourth-order valence-electron chi connectivity index (χ4n) is 3.27. The summed E-state index contributed by atoms with van der Waals surface area (Å²) in [5, 5.41) is 2.67. The van der Waals surface area contributed by atoms with Gasteiger partial charge in [-0.05, 0) is 35.9 Å². The summed E-state index contributed by atoms with van der Waals surface area (Å²) in [7, 11) is 0. The number of hydrogen-bond donors (Lipinski definition) is 1. The third kappa shape index (κ3) is 6.99. The van der Waals surface area contributed by atoms with Gasteiger partial charge in [-0.1, -0.05) is 12.1 Å². The van der Waals surface area contributed by atoms with Gasteiger partial charge in [0.25, 0.3) is 0 Å². The topological polar surface area (TPSA) is 65.8 Å². The number of alkyl halides is 3. The fourth-order valence-corrected chi connectivity index (χ4v) is 3.27. The predicted molar refractivity (Wildman–Crippen MR) is 109 cm³/mol. The first kappa shape index (κ1) is 22.6. The predicted octanol–water partition coefficient (Wildman–Crippen LogP) is 3.16. The van der Waals surface area contributed by atoms with Crippen molar-refractivity contribution in [2.24, 2.45) is 0 Å². The van der Waals surface area contributed by atoms with E-state index in [4.69, 9.17) is 4.42 Å². The third-order valence-corrected chi connectivity index (χ3v) is 4.99. The molecule has 2 aromatic rings. The maximum absolute atomic E-state index is 12.6. The van der Waals surface area contributed by atoms with Crippen molar-refractivity contribution in [3.05, 3.63) is 65.6 Å². The van der Waals surface area contributed by atoms with Crippen LogP contribution in [0.5, 0.6) is 0 Å². The van der Waals surface area contributed by atoms with E-state index >= 15 is 0 Å². The van der Waals surface area contributed by atoms with Crippen molar-refractivity contribution in [1.29, 1.82) is 0 Å². The van der Waals surface area contributed by atoms with E-state index in [1.54, 1.807) is 23.1 Å². The molecule has 1 fully saturated rings. The fraction of sp³-hybridized carbons (Fsp3) is 0.364. The van der Waals surface area contributed by atoms with Crippen molar-refractivity contribution < 1.29 is 27.2 Å². The number of carbonyl (C=O) groups is 2. The summed E-state index contributed by atoms with van der Waals surface area (Å²) < 4.78 is 43.0. The number of nitrogens with zero attached hydrogens (tertiary/aromatic N) is 2. The van der Waals surface area contributed by atoms with Crippen molar-refractivity contribution in [2.45, 2.75) is 19.1 Å². The first-order valence-corrected chi connectivity index (χ1v) is 9.97. The molecule has 0 atom stereocenters. The molecule has 0 saturated carbocycles. The van der Waals surface area contributed by atoms with Crippen LogP contribution in [0.1, 0.15) is 23.3 Å². The number of hydrogen-bond acceptors (Lipinski definition) is 4. The maximum Gasteiger partial charge on any atom is 0.416 e. The van der Waals surface area contributed by atoms with E-state index < -0.39 is 11.7 Å². The molecule has 3 rings (SSSR count). The minimum atomic E-state index is -4.33. The minimum absolute atomic E-state index is 0.0375. The molecule has 166 valence electrons. The summed E-state index contributed by atoms with van der Waals surface area (Å²) >= 11 is 0. The third-order valence-electron chi connectivity index (χ3n) is 4.99. The Morgan fingerprint density at radius 3 is 2.39 bits per heavy atom. The lowest BCUT2D eigenvalue weighted by atomic mass is 10.1. The smallest absolute Gasteiger partial charge is 0.416 e. The van der Waals surface area contributed by atoms with Crippen molar-refractivity contribution in [1.82, 2.24) is 15.1 Å². The second kappa shape index (κ2) is 10.3.